The Morgan fingerprint density at radius 3 is 2.73 bits per heavy atom. The van der Waals surface area contributed by atoms with Crippen molar-refractivity contribution in [3.63, 3.8) is 0 Å². The fourth-order valence-corrected chi connectivity index (χ4v) is 1.98. The Hall–Kier alpha value is -2.22. The van der Waals surface area contributed by atoms with Crippen molar-refractivity contribution in [1.29, 1.82) is 0 Å². The van der Waals surface area contributed by atoms with E-state index in [4.69, 9.17) is 4.74 Å². The second-order valence-electron chi connectivity index (χ2n) is 4.32. The monoisotopic (exact) mass is 370 g/mol. The van der Waals surface area contributed by atoms with Gasteiger partial charge in [-0.25, -0.2) is 4.79 Å². The fourth-order valence-electron chi connectivity index (χ4n) is 1.63. The van der Waals surface area contributed by atoms with Gasteiger partial charge in [0.15, 0.2) is 5.78 Å². The molecule has 0 aliphatic rings. The van der Waals surface area contributed by atoms with Crippen molar-refractivity contribution in [2.24, 2.45) is 0 Å². The maximum absolute atomic E-state index is 12.2. The summed E-state index contributed by atoms with van der Waals surface area (Å²) in [4.78, 5) is 35.2. The molecule has 0 atom stereocenters. The van der Waals surface area contributed by atoms with Gasteiger partial charge in [0, 0.05) is 29.9 Å². The van der Waals surface area contributed by atoms with Crippen LogP contribution in [0.1, 0.15) is 17.3 Å². The molecule has 0 N–H and O–H groups in total. The minimum atomic E-state index is -0.605. The van der Waals surface area contributed by atoms with Crippen molar-refractivity contribution in [2.75, 3.05) is 20.2 Å². The summed E-state index contributed by atoms with van der Waals surface area (Å²) in [7, 11) is 1.58. The number of halogens is 1. The van der Waals surface area contributed by atoms with Crippen LogP contribution >= 0.6 is 15.9 Å². The number of nitro benzene ring substituents is 1. The van der Waals surface area contributed by atoms with Crippen LogP contribution < -0.4 is 0 Å². The molecule has 1 rings (SSSR count). The van der Waals surface area contributed by atoms with Crippen LogP contribution in [0.2, 0.25) is 0 Å². The zero-order valence-corrected chi connectivity index (χ0v) is 13.7. The van der Waals surface area contributed by atoms with Gasteiger partial charge < -0.3 is 9.64 Å². The number of esters is 1. The van der Waals surface area contributed by atoms with E-state index in [1.807, 2.05) is 0 Å². The van der Waals surface area contributed by atoms with Crippen LogP contribution in [0.15, 0.2) is 34.9 Å². The number of likely N-dealkylation sites (N-methyl/N-ethyl adjacent to an activating group) is 1. The number of Topliss-reactive ketones (excluding diaryl/α,β-unsaturated/α-hetero) is 1. The van der Waals surface area contributed by atoms with Gasteiger partial charge in [-0.2, -0.15) is 0 Å². The Morgan fingerprint density at radius 2 is 2.14 bits per heavy atom. The fraction of sp³-hybridized carbons (Fsp3) is 0.286. The lowest BCUT2D eigenvalue weighted by Crippen LogP contribution is -2.22. The minimum absolute atomic E-state index is 0.0181. The van der Waals surface area contributed by atoms with Gasteiger partial charge in [0.2, 0.25) is 0 Å². The number of nitro groups is 1. The summed E-state index contributed by atoms with van der Waals surface area (Å²) in [6.07, 6.45) is 2.58. The van der Waals surface area contributed by atoms with Gasteiger partial charge in [-0.1, -0.05) is 15.9 Å². The number of carbonyl (C=O) groups is 2. The molecule has 0 bridgehead atoms. The van der Waals surface area contributed by atoms with E-state index < -0.39 is 16.7 Å². The molecule has 8 heteroatoms. The van der Waals surface area contributed by atoms with E-state index in [9.17, 15) is 19.7 Å². The van der Waals surface area contributed by atoms with Gasteiger partial charge in [-0.15, -0.1) is 0 Å². The largest absolute Gasteiger partial charge is 0.463 e. The maximum atomic E-state index is 12.2. The molecule has 0 spiro atoms. The smallest absolute Gasteiger partial charge is 0.332 e. The molecule has 0 unspecified atom stereocenters. The number of nitrogens with zero attached hydrogens (tertiary/aromatic N) is 2. The highest BCUT2D eigenvalue weighted by Gasteiger charge is 2.20. The average Bonchev–Trinajstić information content (AvgIpc) is 2.45. The molecular weight excluding hydrogens is 356 g/mol. The zero-order chi connectivity index (χ0) is 16.7. The molecule has 118 valence electrons. The molecule has 0 aliphatic heterocycles. The molecule has 1 aromatic rings. The third-order valence-electron chi connectivity index (χ3n) is 2.60. The van der Waals surface area contributed by atoms with Crippen LogP contribution in [-0.2, 0) is 9.53 Å². The van der Waals surface area contributed by atoms with Gasteiger partial charge in [0.1, 0.15) is 0 Å². The molecule has 1 aromatic carbocycles. The number of rotatable bonds is 7. The molecule has 0 aliphatic carbocycles. The minimum Gasteiger partial charge on any atom is -0.463 e. The summed E-state index contributed by atoms with van der Waals surface area (Å²) in [5.74, 6) is -0.938. The topological polar surface area (TPSA) is 89.8 Å². The van der Waals surface area contributed by atoms with Crippen molar-refractivity contribution in [3.05, 3.63) is 50.6 Å². The molecule has 0 heterocycles. The van der Waals surface area contributed by atoms with Crippen LogP contribution in [0.5, 0.6) is 0 Å². The Bertz CT molecular complexity index is 615. The van der Waals surface area contributed by atoms with Gasteiger partial charge in [-0.3, -0.25) is 14.9 Å². The molecule has 0 amide bonds. The standard InChI is InChI=1S/C14H15BrN2O5/c1-3-22-14(19)6-7-16(2)9-13(18)11-5-4-10(15)8-12(11)17(20)21/h4-8H,3,9H2,1-2H3/b7-6+. The van der Waals surface area contributed by atoms with Crippen molar-refractivity contribution in [3.8, 4) is 0 Å². The Balaban J connectivity index is 2.81. The number of hydrogen-bond acceptors (Lipinski definition) is 6. The summed E-state index contributed by atoms with van der Waals surface area (Å²) >= 11 is 3.13. The highest BCUT2D eigenvalue weighted by atomic mass is 79.9. The number of hydrogen-bond donors (Lipinski definition) is 0. The lowest BCUT2D eigenvalue weighted by Gasteiger charge is -2.12. The maximum Gasteiger partial charge on any atom is 0.332 e. The summed E-state index contributed by atoms with van der Waals surface area (Å²) < 4.78 is 5.23. The first-order valence-electron chi connectivity index (χ1n) is 6.37. The third kappa shape index (κ3) is 5.28. The summed E-state index contributed by atoms with van der Waals surface area (Å²) in [5, 5.41) is 11.0. The predicted octanol–water partition coefficient (Wildman–Crippen LogP) is 2.55. The van der Waals surface area contributed by atoms with Crippen LogP contribution in [0.4, 0.5) is 5.69 Å². The van der Waals surface area contributed by atoms with Crippen LogP contribution in [-0.4, -0.2) is 41.8 Å². The van der Waals surface area contributed by atoms with Crippen molar-refractivity contribution in [2.45, 2.75) is 6.92 Å². The van der Waals surface area contributed by atoms with Crippen molar-refractivity contribution in [1.82, 2.24) is 4.90 Å². The van der Waals surface area contributed by atoms with E-state index in [-0.39, 0.29) is 24.4 Å². The number of benzene rings is 1. The molecule has 0 fully saturated rings. The first-order valence-corrected chi connectivity index (χ1v) is 7.16. The van der Waals surface area contributed by atoms with Crippen LogP contribution in [0.25, 0.3) is 0 Å². The lowest BCUT2D eigenvalue weighted by atomic mass is 10.1. The van der Waals surface area contributed by atoms with Crippen molar-refractivity contribution >= 4 is 33.4 Å². The Kier molecular flexibility index (Phi) is 6.71. The predicted molar refractivity (Wildman–Crippen MR) is 83.5 cm³/mol. The second-order valence-corrected chi connectivity index (χ2v) is 5.24. The average molecular weight is 371 g/mol. The third-order valence-corrected chi connectivity index (χ3v) is 3.09. The molecule has 0 radical (unpaired) electrons. The first-order chi connectivity index (χ1) is 10.3. The highest BCUT2D eigenvalue weighted by molar-refractivity contribution is 9.10. The molecule has 7 nitrogen and oxygen atoms in total. The number of carbonyl (C=O) groups excluding carboxylic acids is 2. The number of ketones is 1. The molecule has 0 saturated heterocycles. The summed E-state index contributed by atoms with van der Waals surface area (Å²) in [5.41, 5.74) is -0.244. The Morgan fingerprint density at radius 1 is 1.45 bits per heavy atom. The quantitative estimate of drug-likeness (QED) is 0.241. The van der Waals surface area contributed by atoms with E-state index in [0.717, 1.165) is 0 Å². The van der Waals surface area contributed by atoms with E-state index in [2.05, 4.69) is 15.9 Å². The van der Waals surface area contributed by atoms with E-state index in [0.29, 0.717) is 4.47 Å². The highest BCUT2D eigenvalue weighted by Crippen LogP contribution is 2.24. The van der Waals surface area contributed by atoms with Gasteiger partial charge in [-0.05, 0) is 19.1 Å². The van der Waals surface area contributed by atoms with Gasteiger partial charge in [0.05, 0.1) is 23.6 Å². The van der Waals surface area contributed by atoms with Crippen molar-refractivity contribution < 1.29 is 19.2 Å². The summed E-state index contributed by atoms with van der Waals surface area (Å²) in [6, 6.07) is 4.24. The van der Waals surface area contributed by atoms with E-state index in [1.54, 1.807) is 20.0 Å². The SMILES string of the molecule is CCOC(=O)/C=C/N(C)CC(=O)c1ccc(Br)cc1[N+](=O)[O-]. The second kappa shape index (κ2) is 8.28. The molecule has 22 heavy (non-hydrogen) atoms. The zero-order valence-electron chi connectivity index (χ0n) is 12.1. The van der Waals surface area contributed by atoms with E-state index >= 15 is 0 Å². The first kappa shape index (κ1) is 17.8. The lowest BCUT2D eigenvalue weighted by molar-refractivity contribution is -0.385. The van der Waals surface area contributed by atoms with E-state index in [1.165, 1.54) is 29.3 Å². The molecular formula is C14H15BrN2O5. The van der Waals surface area contributed by atoms with Gasteiger partial charge >= 0.3 is 5.97 Å². The van der Waals surface area contributed by atoms with Crippen LogP contribution in [0.3, 0.4) is 0 Å². The normalized spacial score (nSPS) is 10.5. The Labute approximate surface area is 135 Å². The molecule has 0 aromatic heterocycles. The summed E-state index contributed by atoms with van der Waals surface area (Å²) in [6.45, 7) is 1.85. The number of ether oxygens (including phenoxy) is 1. The van der Waals surface area contributed by atoms with Crippen LogP contribution in [0, 0.1) is 10.1 Å². The molecule has 0 saturated carbocycles. The van der Waals surface area contributed by atoms with Gasteiger partial charge in [0.25, 0.3) is 5.69 Å².